The summed E-state index contributed by atoms with van der Waals surface area (Å²) >= 11 is 5.91. The van der Waals surface area contributed by atoms with Crippen LogP contribution in [0.4, 0.5) is 11.4 Å². The third kappa shape index (κ3) is 5.86. The van der Waals surface area contributed by atoms with Crippen LogP contribution in [0.1, 0.15) is 25.7 Å². The minimum atomic E-state index is -3.98. The van der Waals surface area contributed by atoms with E-state index in [1.54, 1.807) is 42.5 Å². The Kier molecular flexibility index (Phi) is 7.20. The number of anilines is 2. The van der Waals surface area contributed by atoms with Gasteiger partial charge in [0.2, 0.25) is 5.91 Å². The molecule has 4 rings (SSSR count). The predicted molar refractivity (Wildman–Crippen MR) is 130 cm³/mol. The first-order valence-corrected chi connectivity index (χ1v) is 12.6. The summed E-state index contributed by atoms with van der Waals surface area (Å²) in [6, 6.07) is 21.5. The number of benzene rings is 3. The summed E-state index contributed by atoms with van der Waals surface area (Å²) in [7, 11) is -3.98. The van der Waals surface area contributed by atoms with Gasteiger partial charge in [-0.25, -0.2) is 8.42 Å². The van der Waals surface area contributed by atoms with Crippen LogP contribution in [-0.2, 0) is 14.8 Å². The number of rotatable bonds is 8. The van der Waals surface area contributed by atoms with Crippen LogP contribution in [0.2, 0.25) is 5.02 Å². The molecule has 1 aliphatic rings. The Labute approximate surface area is 199 Å². The number of halogens is 1. The fourth-order valence-electron chi connectivity index (χ4n) is 3.79. The number of nitrogens with one attached hydrogen (secondary N) is 1. The van der Waals surface area contributed by atoms with Gasteiger partial charge in [-0.05, 0) is 86.3 Å². The highest BCUT2D eigenvalue weighted by Gasteiger charge is 2.27. The Morgan fingerprint density at radius 3 is 2.21 bits per heavy atom. The molecule has 3 aromatic rings. The summed E-state index contributed by atoms with van der Waals surface area (Å²) in [5.74, 6) is 0.303. The molecule has 0 aromatic heterocycles. The molecule has 6 nitrogen and oxygen atoms in total. The van der Waals surface area contributed by atoms with E-state index in [9.17, 15) is 13.2 Å². The van der Waals surface area contributed by atoms with Crippen LogP contribution in [0.3, 0.4) is 0 Å². The molecule has 1 fully saturated rings. The summed E-state index contributed by atoms with van der Waals surface area (Å²) in [4.78, 5) is 12.9. The average Bonchev–Trinajstić information content (AvgIpc) is 3.33. The number of nitrogens with zero attached hydrogens (tertiary/aromatic N) is 1. The highest BCUT2D eigenvalue weighted by atomic mass is 35.5. The molecule has 1 saturated carbocycles. The molecule has 33 heavy (non-hydrogen) atoms. The fraction of sp³-hybridized carbons (Fsp3) is 0.240. The normalized spacial score (nSPS) is 14.1. The van der Waals surface area contributed by atoms with E-state index in [0.29, 0.717) is 16.4 Å². The maximum absolute atomic E-state index is 13.3. The van der Waals surface area contributed by atoms with Crippen LogP contribution in [0.5, 0.6) is 5.75 Å². The molecule has 1 aliphatic carbocycles. The standard InChI is InChI=1S/C25H25ClN2O4S/c26-19-10-16-24(17-11-19)33(30,31)28(21-6-2-1-3-7-21)18-25(29)27-20-12-14-23(15-13-20)32-22-8-4-5-9-22/h1-3,6-7,10-17,22H,4-5,8-9,18H2,(H,27,29). The van der Waals surface area contributed by atoms with Gasteiger partial charge in [0.15, 0.2) is 0 Å². The largest absolute Gasteiger partial charge is 0.490 e. The van der Waals surface area contributed by atoms with Gasteiger partial charge in [0.1, 0.15) is 12.3 Å². The van der Waals surface area contributed by atoms with E-state index in [1.165, 1.54) is 37.1 Å². The molecule has 3 aromatic carbocycles. The molecular weight excluding hydrogens is 460 g/mol. The zero-order chi connectivity index (χ0) is 23.3. The average molecular weight is 485 g/mol. The minimum absolute atomic E-state index is 0.0527. The second-order valence-electron chi connectivity index (χ2n) is 7.90. The number of amides is 1. The number of carbonyl (C=O) groups is 1. The quantitative estimate of drug-likeness (QED) is 0.458. The molecule has 1 N–H and O–H groups in total. The second-order valence-corrected chi connectivity index (χ2v) is 10.2. The third-order valence-corrected chi connectivity index (χ3v) is 7.52. The molecule has 0 bridgehead atoms. The van der Waals surface area contributed by atoms with Crippen molar-refractivity contribution in [2.75, 3.05) is 16.2 Å². The van der Waals surface area contributed by atoms with E-state index in [-0.39, 0.29) is 17.5 Å². The molecule has 0 atom stereocenters. The number of para-hydroxylation sites is 1. The zero-order valence-electron chi connectivity index (χ0n) is 18.0. The van der Waals surface area contributed by atoms with E-state index in [0.717, 1.165) is 22.9 Å². The van der Waals surface area contributed by atoms with Gasteiger partial charge in [-0.2, -0.15) is 0 Å². The summed E-state index contributed by atoms with van der Waals surface area (Å²) in [5.41, 5.74) is 0.957. The Morgan fingerprint density at radius 2 is 1.58 bits per heavy atom. The lowest BCUT2D eigenvalue weighted by Crippen LogP contribution is -2.38. The lowest BCUT2D eigenvalue weighted by Gasteiger charge is -2.24. The summed E-state index contributed by atoms with van der Waals surface area (Å²) < 4.78 is 33.7. The summed E-state index contributed by atoms with van der Waals surface area (Å²) in [6.07, 6.45) is 4.76. The molecule has 0 radical (unpaired) electrons. The molecule has 1 amide bonds. The zero-order valence-corrected chi connectivity index (χ0v) is 19.6. The fourth-order valence-corrected chi connectivity index (χ4v) is 5.34. The van der Waals surface area contributed by atoms with Gasteiger partial charge in [0, 0.05) is 10.7 Å². The van der Waals surface area contributed by atoms with Gasteiger partial charge in [-0.3, -0.25) is 9.10 Å². The van der Waals surface area contributed by atoms with Gasteiger partial charge in [-0.15, -0.1) is 0 Å². The van der Waals surface area contributed by atoms with Crippen molar-refractivity contribution < 1.29 is 17.9 Å². The van der Waals surface area contributed by atoms with Crippen molar-refractivity contribution in [1.29, 1.82) is 0 Å². The lowest BCUT2D eigenvalue weighted by molar-refractivity contribution is -0.114. The van der Waals surface area contributed by atoms with E-state index in [4.69, 9.17) is 16.3 Å². The van der Waals surface area contributed by atoms with E-state index in [1.807, 2.05) is 12.1 Å². The Bertz CT molecular complexity index is 1180. The molecule has 0 aliphatic heterocycles. The number of sulfonamides is 1. The van der Waals surface area contributed by atoms with Crippen LogP contribution in [0.15, 0.2) is 83.8 Å². The van der Waals surface area contributed by atoms with Crippen LogP contribution >= 0.6 is 11.6 Å². The third-order valence-electron chi connectivity index (χ3n) is 5.48. The molecule has 172 valence electrons. The molecule has 0 heterocycles. The monoisotopic (exact) mass is 484 g/mol. The van der Waals surface area contributed by atoms with Gasteiger partial charge < -0.3 is 10.1 Å². The topological polar surface area (TPSA) is 75.7 Å². The summed E-state index contributed by atoms with van der Waals surface area (Å²) in [5, 5.41) is 3.20. The molecule has 0 spiro atoms. The maximum atomic E-state index is 13.3. The Morgan fingerprint density at radius 1 is 0.939 bits per heavy atom. The first kappa shape index (κ1) is 23.1. The van der Waals surface area contributed by atoms with Crippen molar-refractivity contribution in [3.05, 3.63) is 83.9 Å². The van der Waals surface area contributed by atoms with Crippen molar-refractivity contribution in [1.82, 2.24) is 0 Å². The number of hydrogen-bond donors (Lipinski definition) is 1. The van der Waals surface area contributed by atoms with Crippen LogP contribution in [0, 0.1) is 0 Å². The highest BCUT2D eigenvalue weighted by Crippen LogP contribution is 2.26. The highest BCUT2D eigenvalue weighted by molar-refractivity contribution is 7.92. The molecule has 8 heteroatoms. The Hall–Kier alpha value is -3.03. The van der Waals surface area contributed by atoms with Crippen molar-refractivity contribution in [3.8, 4) is 5.75 Å². The predicted octanol–water partition coefficient (Wildman–Crippen LogP) is 5.50. The first-order valence-electron chi connectivity index (χ1n) is 10.8. The van der Waals surface area contributed by atoms with Crippen LogP contribution in [-0.4, -0.2) is 27.0 Å². The molecular formula is C25H25ClN2O4S. The van der Waals surface area contributed by atoms with Crippen LogP contribution in [0.25, 0.3) is 0 Å². The van der Waals surface area contributed by atoms with E-state index < -0.39 is 15.9 Å². The number of hydrogen-bond acceptors (Lipinski definition) is 4. The Balaban J connectivity index is 1.49. The molecule has 0 saturated heterocycles. The van der Waals surface area contributed by atoms with Gasteiger partial charge in [0.25, 0.3) is 10.0 Å². The minimum Gasteiger partial charge on any atom is -0.490 e. The first-order chi connectivity index (χ1) is 15.9. The van der Waals surface area contributed by atoms with Crippen molar-refractivity contribution in [2.24, 2.45) is 0 Å². The van der Waals surface area contributed by atoms with E-state index in [2.05, 4.69) is 5.32 Å². The van der Waals surface area contributed by atoms with Gasteiger partial charge >= 0.3 is 0 Å². The number of ether oxygens (including phenoxy) is 1. The van der Waals surface area contributed by atoms with Crippen molar-refractivity contribution in [3.63, 3.8) is 0 Å². The SMILES string of the molecule is O=C(CN(c1ccccc1)S(=O)(=O)c1ccc(Cl)cc1)Nc1ccc(OC2CCCC2)cc1. The lowest BCUT2D eigenvalue weighted by atomic mass is 10.2. The van der Waals surface area contributed by atoms with Gasteiger partial charge in [0.05, 0.1) is 16.7 Å². The second kappa shape index (κ2) is 10.3. The molecule has 0 unspecified atom stereocenters. The van der Waals surface area contributed by atoms with E-state index >= 15 is 0 Å². The van der Waals surface area contributed by atoms with Crippen LogP contribution < -0.4 is 14.4 Å². The van der Waals surface area contributed by atoms with Crippen molar-refractivity contribution in [2.45, 2.75) is 36.7 Å². The smallest absolute Gasteiger partial charge is 0.264 e. The van der Waals surface area contributed by atoms with Crippen molar-refractivity contribution >= 4 is 38.9 Å². The summed E-state index contributed by atoms with van der Waals surface area (Å²) in [6.45, 7) is -0.380. The maximum Gasteiger partial charge on any atom is 0.264 e. The van der Waals surface area contributed by atoms with Gasteiger partial charge in [-0.1, -0.05) is 29.8 Å². The number of carbonyl (C=O) groups excluding carboxylic acids is 1.